The molecule has 2 rings (SSSR count). The molecule has 0 bridgehead atoms. The summed E-state index contributed by atoms with van der Waals surface area (Å²) < 4.78 is 4.30. The molecule has 0 amide bonds. The van der Waals surface area contributed by atoms with Crippen LogP contribution in [0.15, 0.2) is 66.8 Å². The number of esters is 2. The van der Waals surface area contributed by atoms with Gasteiger partial charge in [0.1, 0.15) is 0 Å². The lowest BCUT2D eigenvalue weighted by Crippen LogP contribution is -2.12. The first kappa shape index (κ1) is 16.4. The molecule has 0 saturated heterocycles. The van der Waals surface area contributed by atoms with Crippen molar-refractivity contribution in [3.8, 4) is 0 Å². The summed E-state index contributed by atoms with van der Waals surface area (Å²) in [7, 11) is 0. The summed E-state index contributed by atoms with van der Waals surface area (Å²) in [5.74, 6) is -1.42. The highest BCUT2D eigenvalue weighted by atomic mass is 16.6. The Labute approximate surface area is 124 Å². The predicted octanol–water partition coefficient (Wildman–Crippen LogP) is 3.85. The highest BCUT2D eigenvalue weighted by Crippen LogP contribution is 2.10. The first-order valence-electron chi connectivity index (χ1n) is 6.34. The van der Waals surface area contributed by atoms with Gasteiger partial charge < -0.3 is 4.74 Å². The molecule has 0 unspecified atom stereocenters. The highest BCUT2D eigenvalue weighted by molar-refractivity contribution is 6.00. The zero-order chi connectivity index (χ0) is 15.8. The van der Waals surface area contributed by atoms with E-state index in [-0.39, 0.29) is 11.1 Å². The minimum Gasteiger partial charge on any atom is -0.386 e. The van der Waals surface area contributed by atoms with Crippen LogP contribution in [-0.4, -0.2) is 11.9 Å². The number of hydrogen-bond acceptors (Lipinski definition) is 3. The average molecular weight is 281 g/mol. The summed E-state index contributed by atoms with van der Waals surface area (Å²) in [6.45, 7) is 9.55. The molecule has 0 atom stereocenters. The molecule has 0 aromatic heterocycles. The van der Waals surface area contributed by atoms with E-state index in [1.54, 1.807) is 0 Å². The van der Waals surface area contributed by atoms with Crippen molar-refractivity contribution < 1.29 is 14.3 Å². The highest BCUT2D eigenvalue weighted by Gasteiger charge is 2.10. The monoisotopic (exact) mass is 281 g/mol. The molecule has 1 radical (unpaired) electrons. The van der Waals surface area contributed by atoms with E-state index < -0.39 is 11.9 Å². The summed E-state index contributed by atoms with van der Waals surface area (Å²) >= 11 is 0. The molecule has 0 heterocycles. The molecule has 0 N–H and O–H groups in total. The van der Waals surface area contributed by atoms with E-state index in [1.165, 1.54) is 24.6 Å². The molecule has 0 saturated carbocycles. The summed E-state index contributed by atoms with van der Waals surface area (Å²) in [6, 6.07) is 17.4. The van der Waals surface area contributed by atoms with Gasteiger partial charge in [0, 0.05) is 11.1 Å². The van der Waals surface area contributed by atoms with E-state index in [2.05, 4.69) is 42.2 Å². The molecule has 0 aliphatic heterocycles. The molecule has 21 heavy (non-hydrogen) atoms. The second-order valence-corrected chi connectivity index (χ2v) is 4.50. The van der Waals surface area contributed by atoms with Gasteiger partial charge in [-0.05, 0) is 30.7 Å². The Morgan fingerprint density at radius 2 is 1.48 bits per heavy atom. The Bertz CT molecular complexity index is 594. The second kappa shape index (κ2) is 7.80. The van der Waals surface area contributed by atoms with Gasteiger partial charge in [-0.25, -0.2) is 9.59 Å². The predicted molar refractivity (Wildman–Crippen MR) is 83.5 cm³/mol. The third-order valence-corrected chi connectivity index (χ3v) is 2.45. The number of hydrogen-bond donors (Lipinski definition) is 0. The van der Waals surface area contributed by atoms with Crippen LogP contribution >= 0.6 is 0 Å². The molecule has 3 nitrogen and oxygen atoms in total. The molecule has 0 aliphatic carbocycles. The number of carbonyl (C=O) groups is 2. The molecular formula is C18H17O3. The largest absolute Gasteiger partial charge is 0.386 e. The fraction of sp³-hybridized carbons (Fsp3) is 0.111. The summed E-state index contributed by atoms with van der Waals surface area (Å²) in [5, 5.41) is 2.44. The Morgan fingerprint density at radius 1 is 0.952 bits per heavy atom. The van der Waals surface area contributed by atoms with Crippen molar-refractivity contribution in [1.29, 1.82) is 0 Å². The molecule has 107 valence electrons. The first-order valence-corrected chi connectivity index (χ1v) is 6.34. The number of rotatable bonds is 2. The van der Waals surface area contributed by atoms with Gasteiger partial charge in [0.25, 0.3) is 0 Å². The lowest BCUT2D eigenvalue weighted by molar-refractivity contribution is -0.153. The van der Waals surface area contributed by atoms with Crippen molar-refractivity contribution >= 4 is 22.7 Å². The first-order chi connectivity index (χ1) is 9.91. The number of carbonyl (C=O) groups excluding carboxylic acids is 2. The molecular weight excluding hydrogens is 264 g/mol. The third kappa shape index (κ3) is 5.45. The van der Waals surface area contributed by atoms with Crippen LogP contribution in [0.2, 0.25) is 0 Å². The maximum atomic E-state index is 10.7. The molecule has 2 aromatic carbocycles. The van der Waals surface area contributed by atoms with E-state index in [0.717, 1.165) is 0 Å². The SMILES string of the molecule is C=C(C)C(=O)OC(=O)C(=C)C.[c]1cccc2ccccc12. The third-order valence-electron chi connectivity index (χ3n) is 2.45. The minimum absolute atomic E-state index is 0.194. The van der Waals surface area contributed by atoms with Crippen LogP contribution < -0.4 is 0 Å². The van der Waals surface area contributed by atoms with Gasteiger partial charge in [-0.1, -0.05) is 55.6 Å². The molecule has 0 spiro atoms. The average Bonchev–Trinajstić information content (AvgIpc) is 2.47. The maximum Gasteiger partial charge on any atom is 0.340 e. The lowest BCUT2D eigenvalue weighted by atomic mass is 10.1. The van der Waals surface area contributed by atoms with Gasteiger partial charge in [0.2, 0.25) is 0 Å². The van der Waals surface area contributed by atoms with Crippen molar-refractivity contribution in [3.05, 3.63) is 72.8 Å². The zero-order valence-electron chi connectivity index (χ0n) is 12.2. The fourth-order valence-electron chi connectivity index (χ4n) is 1.32. The van der Waals surface area contributed by atoms with Crippen molar-refractivity contribution in [1.82, 2.24) is 0 Å². The number of benzene rings is 2. The van der Waals surface area contributed by atoms with Crippen LogP contribution in [0.4, 0.5) is 0 Å². The Balaban J connectivity index is 0.000000210. The normalized spacial score (nSPS) is 9.24. The van der Waals surface area contributed by atoms with Gasteiger partial charge in [-0.15, -0.1) is 0 Å². The molecule has 0 aliphatic rings. The smallest absolute Gasteiger partial charge is 0.340 e. The van der Waals surface area contributed by atoms with Crippen LogP contribution in [0.5, 0.6) is 0 Å². The summed E-state index contributed by atoms with van der Waals surface area (Å²) in [4.78, 5) is 21.3. The van der Waals surface area contributed by atoms with Crippen molar-refractivity contribution in [2.75, 3.05) is 0 Å². The van der Waals surface area contributed by atoms with Crippen LogP contribution in [0.1, 0.15) is 13.8 Å². The van der Waals surface area contributed by atoms with E-state index >= 15 is 0 Å². The van der Waals surface area contributed by atoms with E-state index in [0.29, 0.717) is 0 Å². The maximum absolute atomic E-state index is 10.7. The van der Waals surface area contributed by atoms with Gasteiger partial charge in [0.15, 0.2) is 0 Å². The van der Waals surface area contributed by atoms with E-state index in [4.69, 9.17) is 0 Å². The zero-order valence-corrected chi connectivity index (χ0v) is 12.2. The number of fused-ring (bicyclic) bond motifs is 1. The standard InChI is InChI=1S/C10H7.C8H10O3/c1-2-6-10-8-4-3-7-9(10)5-1;1-5(2)7(9)11-8(10)6(3)4/h1-7H;1,3H2,2,4H3. The van der Waals surface area contributed by atoms with Crippen LogP contribution in [0.3, 0.4) is 0 Å². The quantitative estimate of drug-likeness (QED) is 0.477. The minimum atomic E-state index is -0.710. The Hall–Kier alpha value is -2.68. The molecule has 2 aromatic rings. The van der Waals surface area contributed by atoms with Gasteiger partial charge in [0.05, 0.1) is 0 Å². The topological polar surface area (TPSA) is 43.4 Å². The fourth-order valence-corrected chi connectivity index (χ4v) is 1.32. The summed E-state index contributed by atoms with van der Waals surface area (Å²) in [5.41, 5.74) is 0.388. The van der Waals surface area contributed by atoms with Gasteiger partial charge in [-0.3, -0.25) is 0 Å². The second-order valence-electron chi connectivity index (χ2n) is 4.50. The van der Waals surface area contributed by atoms with Crippen molar-refractivity contribution in [3.63, 3.8) is 0 Å². The summed E-state index contributed by atoms with van der Waals surface area (Å²) in [6.07, 6.45) is 0. The van der Waals surface area contributed by atoms with Crippen LogP contribution in [0, 0.1) is 6.07 Å². The number of ether oxygens (including phenoxy) is 1. The Morgan fingerprint density at radius 3 is 2.00 bits per heavy atom. The van der Waals surface area contributed by atoms with E-state index in [1.807, 2.05) is 24.3 Å². The molecule has 3 heteroatoms. The molecule has 0 fully saturated rings. The van der Waals surface area contributed by atoms with Crippen molar-refractivity contribution in [2.45, 2.75) is 13.8 Å². The Kier molecular flexibility index (Phi) is 6.08. The van der Waals surface area contributed by atoms with Crippen LogP contribution in [0.25, 0.3) is 10.8 Å². The van der Waals surface area contributed by atoms with Gasteiger partial charge >= 0.3 is 11.9 Å². The van der Waals surface area contributed by atoms with Gasteiger partial charge in [-0.2, -0.15) is 0 Å². The lowest BCUT2D eigenvalue weighted by Gasteiger charge is -1.99. The van der Waals surface area contributed by atoms with E-state index in [9.17, 15) is 9.59 Å². The van der Waals surface area contributed by atoms with Crippen molar-refractivity contribution in [2.24, 2.45) is 0 Å². The van der Waals surface area contributed by atoms with Crippen LogP contribution in [-0.2, 0) is 14.3 Å².